The molecular formula is C18H19N5. The molecule has 0 saturated carbocycles. The Labute approximate surface area is 133 Å². The van der Waals surface area contributed by atoms with Crippen LogP contribution in [0.1, 0.15) is 12.0 Å². The highest BCUT2D eigenvalue weighted by atomic mass is 15.0. The number of hydrogen-bond acceptors (Lipinski definition) is 4. The summed E-state index contributed by atoms with van der Waals surface area (Å²) in [4.78, 5) is 12.3. The molecule has 23 heavy (non-hydrogen) atoms. The molecule has 0 fully saturated rings. The summed E-state index contributed by atoms with van der Waals surface area (Å²) in [6.45, 7) is 3.65. The molecule has 4 aromatic rings. The van der Waals surface area contributed by atoms with Crippen LogP contribution in [0.15, 0.2) is 36.8 Å². The predicted molar refractivity (Wildman–Crippen MR) is 95.8 cm³/mol. The molecule has 0 radical (unpaired) electrons. The van der Waals surface area contributed by atoms with E-state index in [1.54, 1.807) is 0 Å². The summed E-state index contributed by atoms with van der Waals surface area (Å²) in [6.07, 6.45) is 6.51. The number of aromatic nitrogens is 3. The molecule has 0 aliphatic rings. The largest absolute Gasteiger partial charge is 0.370 e. The van der Waals surface area contributed by atoms with E-state index < -0.39 is 0 Å². The molecular weight excluding hydrogens is 286 g/mol. The second kappa shape index (κ2) is 5.52. The average molecular weight is 305 g/mol. The van der Waals surface area contributed by atoms with Crippen LogP contribution in [-0.4, -0.2) is 28.0 Å². The van der Waals surface area contributed by atoms with E-state index in [1.807, 2.05) is 24.7 Å². The first-order valence-corrected chi connectivity index (χ1v) is 7.87. The maximum atomic E-state index is 5.58. The lowest BCUT2D eigenvalue weighted by Crippen LogP contribution is -2.09. The van der Waals surface area contributed by atoms with Gasteiger partial charge in [-0.2, -0.15) is 0 Å². The van der Waals surface area contributed by atoms with Gasteiger partial charge >= 0.3 is 0 Å². The number of H-pyrrole nitrogens is 1. The van der Waals surface area contributed by atoms with Crippen molar-refractivity contribution in [2.75, 3.05) is 18.4 Å². The first-order valence-electron chi connectivity index (χ1n) is 7.87. The van der Waals surface area contributed by atoms with Crippen molar-refractivity contribution >= 4 is 38.4 Å². The molecule has 4 N–H and O–H groups in total. The Morgan fingerprint density at radius 3 is 2.91 bits per heavy atom. The van der Waals surface area contributed by atoms with Gasteiger partial charge in [-0.3, -0.25) is 4.98 Å². The Balaban J connectivity index is 2.00. The lowest BCUT2D eigenvalue weighted by atomic mass is 10.0. The Bertz CT molecular complexity index is 1000. The molecule has 3 heterocycles. The summed E-state index contributed by atoms with van der Waals surface area (Å²) in [5.74, 6) is 0.916. The maximum absolute atomic E-state index is 5.58. The third-order valence-electron chi connectivity index (χ3n) is 4.37. The quantitative estimate of drug-likeness (QED) is 0.505. The molecule has 0 aliphatic carbocycles. The predicted octanol–water partition coefficient (Wildman–Crippen LogP) is 3.33. The van der Waals surface area contributed by atoms with Gasteiger partial charge in [-0.15, -0.1) is 0 Å². The number of hydrogen-bond donors (Lipinski definition) is 3. The molecule has 3 aromatic heterocycles. The van der Waals surface area contributed by atoms with Crippen LogP contribution in [0, 0.1) is 6.92 Å². The minimum atomic E-state index is 0.676. The summed E-state index contributed by atoms with van der Waals surface area (Å²) in [5.41, 5.74) is 9.09. The summed E-state index contributed by atoms with van der Waals surface area (Å²) in [7, 11) is 0. The van der Waals surface area contributed by atoms with Crippen molar-refractivity contribution in [1.29, 1.82) is 0 Å². The molecule has 5 nitrogen and oxygen atoms in total. The monoisotopic (exact) mass is 305 g/mol. The van der Waals surface area contributed by atoms with Gasteiger partial charge in [-0.05, 0) is 49.0 Å². The number of aryl methyl sites for hydroxylation is 1. The number of nitrogens with zero attached hydrogens (tertiary/aromatic N) is 2. The van der Waals surface area contributed by atoms with Crippen LogP contribution in [0.3, 0.4) is 0 Å². The van der Waals surface area contributed by atoms with Crippen LogP contribution in [0.5, 0.6) is 0 Å². The van der Waals surface area contributed by atoms with Crippen LogP contribution in [0.2, 0.25) is 0 Å². The highest BCUT2D eigenvalue weighted by molar-refractivity contribution is 6.15. The number of nitrogens with two attached hydrogens (primary N) is 1. The lowest BCUT2D eigenvalue weighted by molar-refractivity contribution is 0.871. The van der Waals surface area contributed by atoms with E-state index in [9.17, 15) is 0 Å². The molecule has 0 amide bonds. The highest BCUT2D eigenvalue weighted by Gasteiger charge is 2.12. The van der Waals surface area contributed by atoms with Gasteiger partial charge in [-0.25, -0.2) is 4.98 Å². The Morgan fingerprint density at radius 2 is 2.04 bits per heavy atom. The van der Waals surface area contributed by atoms with E-state index in [0.29, 0.717) is 6.54 Å². The lowest BCUT2D eigenvalue weighted by Gasteiger charge is -2.10. The first kappa shape index (κ1) is 14.0. The molecule has 0 spiro atoms. The van der Waals surface area contributed by atoms with Crippen LogP contribution in [0.25, 0.3) is 32.6 Å². The van der Waals surface area contributed by atoms with Gasteiger partial charge in [0.2, 0.25) is 0 Å². The number of pyridine rings is 2. The van der Waals surface area contributed by atoms with E-state index in [1.165, 1.54) is 21.9 Å². The molecule has 0 atom stereocenters. The van der Waals surface area contributed by atoms with E-state index in [0.717, 1.165) is 35.1 Å². The van der Waals surface area contributed by atoms with Gasteiger partial charge in [0.05, 0.1) is 5.52 Å². The summed E-state index contributed by atoms with van der Waals surface area (Å²) in [6, 6.07) is 6.29. The van der Waals surface area contributed by atoms with Crippen LogP contribution in [-0.2, 0) is 0 Å². The number of nitrogens with one attached hydrogen (secondary N) is 2. The van der Waals surface area contributed by atoms with Gasteiger partial charge in [0, 0.05) is 46.8 Å². The van der Waals surface area contributed by atoms with Crippen molar-refractivity contribution in [2.45, 2.75) is 13.3 Å². The molecule has 0 saturated heterocycles. The molecule has 1 aromatic carbocycles. The van der Waals surface area contributed by atoms with Crippen molar-refractivity contribution in [1.82, 2.24) is 15.0 Å². The first-order chi connectivity index (χ1) is 11.3. The zero-order chi connectivity index (χ0) is 15.8. The molecule has 5 heteroatoms. The molecule has 0 bridgehead atoms. The topological polar surface area (TPSA) is 79.6 Å². The van der Waals surface area contributed by atoms with Gasteiger partial charge < -0.3 is 16.0 Å². The Kier molecular flexibility index (Phi) is 3.35. The van der Waals surface area contributed by atoms with Crippen LogP contribution >= 0.6 is 0 Å². The number of aromatic amines is 1. The summed E-state index contributed by atoms with van der Waals surface area (Å²) >= 11 is 0. The molecule has 4 rings (SSSR count). The molecule has 0 aliphatic heterocycles. The SMILES string of the molecule is Cc1c2ccnc(NCCCN)c2cc2c1[nH]c1ccncc12. The van der Waals surface area contributed by atoms with Crippen molar-refractivity contribution in [3.63, 3.8) is 0 Å². The van der Waals surface area contributed by atoms with Crippen molar-refractivity contribution in [3.05, 3.63) is 42.4 Å². The summed E-state index contributed by atoms with van der Waals surface area (Å²) in [5, 5.41) is 8.08. The fourth-order valence-electron chi connectivity index (χ4n) is 3.18. The van der Waals surface area contributed by atoms with Crippen molar-refractivity contribution < 1.29 is 0 Å². The van der Waals surface area contributed by atoms with E-state index in [-0.39, 0.29) is 0 Å². The minimum absolute atomic E-state index is 0.676. The second-order valence-electron chi connectivity index (χ2n) is 5.79. The van der Waals surface area contributed by atoms with Gasteiger partial charge in [0.1, 0.15) is 5.82 Å². The smallest absolute Gasteiger partial charge is 0.133 e. The van der Waals surface area contributed by atoms with E-state index in [4.69, 9.17) is 5.73 Å². The minimum Gasteiger partial charge on any atom is -0.370 e. The van der Waals surface area contributed by atoms with Gasteiger partial charge in [0.15, 0.2) is 0 Å². The number of fused-ring (bicyclic) bond motifs is 4. The zero-order valence-electron chi connectivity index (χ0n) is 13.1. The third-order valence-corrected chi connectivity index (χ3v) is 4.37. The summed E-state index contributed by atoms with van der Waals surface area (Å²) < 4.78 is 0. The third kappa shape index (κ3) is 2.21. The molecule has 0 unspecified atom stereocenters. The van der Waals surface area contributed by atoms with Crippen LogP contribution in [0.4, 0.5) is 5.82 Å². The van der Waals surface area contributed by atoms with E-state index >= 15 is 0 Å². The number of rotatable bonds is 4. The standard InChI is InChI=1S/C18H19N5/c1-11-12-3-8-22-18(21-6-2-5-19)14(12)9-13-15-10-20-7-4-16(15)23-17(11)13/h3-4,7-10,23H,2,5-6,19H2,1H3,(H,21,22). The second-order valence-corrected chi connectivity index (χ2v) is 5.79. The van der Waals surface area contributed by atoms with Crippen molar-refractivity contribution in [3.8, 4) is 0 Å². The fourth-order valence-corrected chi connectivity index (χ4v) is 3.18. The fraction of sp³-hybridized carbons (Fsp3) is 0.222. The zero-order valence-corrected chi connectivity index (χ0v) is 13.1. The average Bonchev–Trinajstić information content (AvgIpc) is 2.95. The Hall–Kier alpha value is -2.66. The van der Waals surface area contributed by atoms with Gasteiger partial charge in [0.25, 0.3) is 0 Å². The number of benzene rings is 1. The van der Waals surface area contributed by atoms with Crippen molar-refractivity contribution in [2.24, 2.45) is 5.73 Å². The van der Waals surface area contributed by atoms with Crippen LogP contribution < -0.4 is 11.1 Å². The maximum Gasteiger partial charge on any atom is 0.133 e. The van der Waals surface area contributed by atoms with Gasteiger partial charge in [-0.1, -0.05) is 0 Å². The molecule has 116 valence electrons. The Morgan fingerprint density at radius 1 is 1.13 bits per heavy atom. The highest BCUT2D eigenvalue weighted by Crippen LogP contribution is 2.34. The normalized spacial score (nSPS) is 11.6. The van der Waals surface area contributed by atoms with E-state index in [2.05, 4.69) is 39.3 Å². The number of anilines is 1.